The van der Waals surface area contributed by atoms with Gasteiger partial charge in [0.1, 0.15) is 0 Å². The van der Waals surface area contributed by atoms with Gasteiger partial charge in [0.25, 0.3) is 0 Å². The molecule has 0 radical (unpaired) electrons. The minimum atomic E-state index is 0.647. The van der Waals surface area contributed by atoms with E-state index < -0.39 is 0 Å². The van der Waals surface area contributed by atoms with Crippen LogP contribution in [0.4, 0.5) is 0 Å². The van der Waals surface area contributed by atoms with Gasteiger partial charge >= 0.3 is 0 Å². The summed E-state index contributed by atoms with van der Waals surface area (Å²) in [7, 11) is 0. The smallest absolute Gasteiger partial charge is 0.165 e. The van der Waals surface area contributed by atoms with Crippen molar-refractivity contribution in [2.45, 2.75) is 0 Å². The van der Waals surface area contributed by atoms with Gasteiger partial charge in [-0.3, -0.25) is 0 Å². The van der Waals surface area contributed by atoms with E-state index in [9.17, 15) is 0 Å². The molecule has 0 aliphatic heterocycles. The Labute approximate surface area is 256 Å². The highest BCUT2D eigenvalue weighted by molar-refractivity contribution is 6.20. The normalized spacial score (nSPS) is 11.2. The first-order valence-electron chi connectivity index (χ1n) is 14.8. The highest BCUT2D eigenvalue weighted by atomic mass is 15.0. The van der Waals surface area contributed by atoms with Crippen molar-refractivity contribution in [3.8, 4) is 56.4 Å². The van der Waals surface area contributed by atoms with Gasteiger partial charge in [-0.2, -0.15) is 0 Å². The molecule has 0 fully saturated rings. The van der Waals surface area contributed by atoms with Gasteiger partial charge in [0.2, 0.25) is 0 Å². The first kappa shape index (κ1) is 25.8. The SMILES string of the molecule is c1ccc(-c2ccc(-c3nc(-c4ccccc4)nc(-c4c5ccccc5c(-c5ccccc5)c5ccccc45)n3)cc2)cc1. The molecule has 8 aromatic rings. The largest absolute Gasteiger partial charge is 0.208 e. The molecule has 44 heavy (non-hydrogen) atoms. The second kappa shape index (κ2) is 11.0. The van der Waals surface area contributed by atoms with Gasteiger partial charge in [-0.25, -0.2) is 15.0 Å². The van der Waals surface area contributed by atoms with Crippen LogP contribution in [-0.2, 0) is 0 Å². The van der Waals surface area contributed by atoms with E-state index in [0.29, 0.717) is 17.5 Å². The van der Waals surface area contributed by atoms with Crippen LogP contribution in [0.2, 0.25) is 0 Å². The predicted octanol–water partition coefficient (Wildman–Crippen LogP) is 10.5. The van der Waals surface area contributed by atoms with Gasteiger partial charge in [0, 0.05) is 16.7 Å². The standard InChI is InChI=1S/C41H27N3/c1-4-14-28(15-5-1)29-24-26-32(27-25-29)40-42-39(31-18-8-3-9-19-31)43-41(44-40)38-35-22-12-10-20-33(35)37(30-16-6-2-7-17-30)34-21-11-13-23-36(34)38/h1-27H. The first-order valence-corrected chi connectivity index (χ1v) is 14.8. The van der Waals surface area contributed by atoms with E-state index in [2.05, 4.69) is 140 Å². The topological polar surface area (TPSA) is 38.7 Å². The van der Waals surface area contributed by atoms with E-state index in [-0.39, 0.29) is 0 Å². The maximum Gasteiger partial charge on any atom is 0.165 e. The molecule has 0 aliphatic rings. The van der Waals surface area contributed by atoms with Crippen LogP contribution in [0, 0.1) is 0 Å². The Bertz CT molecular complexity index is 2190. The molecular formula is C41H27N3. The van der Waals surface area contributed by atoms with Crippen LogP contribution in [0.25, 0.3) is 78.0 Å². The predicted molar refractivity (Wildman–Crippen MR) is 182 cm³/mol. The molecule has 0 N–H and O–H groups in total. The summed E-state index contributed by atoms with van der Waals surface area (Å²) in [4.78, 5) is 15.3. The number of hydrogen-bond donors (Lipinski definition) is 0. The number of nitrogens with zero attached hydrogens (tertiary/aromatic N) is 3. The zero-order chi connectivity index (χ0) is 29.3. The van der Waals surface area contributed by atoms with Crippen molar-refractivity contribution in [2.24, 2.45) is 0 Å². The van der Waals surface area contributed by atoms with E-state index >= 15 is 0 Å². The number of hydrogen-bond acceptors (Lipinski definition) is 3. The summed E-state index contributed by atoms with van der Waals surface area (Å²) in [6.45, 7) is 0. The van der Waals surface area contributed by atoms with Gasteiger partial charge < -0.3 is 0 Å². The lowest BCUT2D eigenvalue weighted by Gasteiger charge is -2.17. The van der Waals surface area contributed by atoms with Gasteiger partial charge in [0.15, 0.2) is 17.5 Å². The number of benzene rings is 7. The third-order valence-corrected chi connectivity index (χ3v) is 8.14. The minimum absolute atomic E-state index is 0.647. The van der Waals surface area contributed by atoms with Crippen molar-refractivity contribution in [3.05, 3.63) is 164 Å². The molecule has 1 heterocycles. The van der Waals surface area contributed by atoms with Crippen molar-refractivity contribution in [1.29, 1.82) is 0 Å². The summed E-state index contributed by atoms with van der Waals surface area (Å²) in [5.41, 5.74) is 7.64. The molecule has 0 aliphatic carbocycles. The molecule has 0 unspecified atom stereocenters. The van der Waals surface area contributed by atoms with Crippen molar-refractivity contribution in [2.75, 3.05) is 0 Å². The highest BCUT2D eigenvalue weighted by Crippen LogP contribution is 2.43. The molecule has 0 amide bonds. The summed E-state index contributed by atoms with van der Waals surface area (Å²) in [5.74, 6) is 1.96. The minimum Gasteiger partial charge on any atom is -0.208 e. The zero-order valence-corrected chi connectivity index (χ0v) is 23.9. The maximum absolute atomic E-state index is 5.18. The van der Waals surface area contributed by atoms with E-state index in [1.54, 1.807) is 0 Å². The summed E-state index contributed by atoms with van der Waals surface area (Å²) in [5, 5.41) is 4.56. The number of fused-ring (bicyclic) bond motifs is 2. The van der Waals surface area contributed by atoms with Crippen LogP contribution in [0.3, 0.4) is 0 Å². The molecular weight excluding hydrogens is 534 g/mol. The van der Waals surface area contributed by atoms with Crippen molar-refractivity contribution < 1.29 is 0 Å². The lowest BCUT2D eigenvalue weighted by molar-refractivity contribution is 1.08. The molecule has 0 spiro atoms. The molecule has 0 atom stereocenters. The second-order valence-electron chi connectivity index (χ2n) is 10.8. The Morgan fingerprint density at radius 3 is 1.05 bits per heavy atom. The molecule has 0 bridgehead atoms. The maximum atomic E-state index is 5.18. The second-order valence-corrected chi connectivity index (χ2v) is 10.8. The van der Waals surface area contributed by atoms with Crippen molar-refractivity contribution >= 4 is 21.5 Å². The molecule has 3 nitrogen and oxygen atoms in total. The Balaban J connectivity index is 1.39. The number of rotatable bonds is 5. The third kappa shape index (κ3) is 4.61. The first-order chi connectivity index (χ1) is 21.8. The average molecular weight is 562 g/mol. The highest BCUT2D eigenvalue weighted by Gasteiger charge is 2.20. The van der Waals surface area contributed by atoms with Crippen molar-refractivity contribution in [1.82, 2.24) is 15.0 Å². The van der Waals surface area contributed by atoms with Gasteiger partial charge in [-0.1, -0.05) is 164 Å². The van der Waals surface area contributed by atoms with E-state index in [1.165, 1.54) is 27.5 Å². The Hall–Kier alpha value is -5.93. The van der Waals surface area contributed by atoms with Crippen LogP contribution in [-0.4, -0.2) is 15.0 Å². The Morgan fingerprint density at radius 2 is 0.545 bits per heavy atom. The molecule has 7 aromatic carbocycles. The molecule has 1 aromatic heterocycles. The number of aromatic nitrogens is 3. The fraction of sp³-hybridized carbons (Fsp3) is 0. The van der Waals surface area contributed by atoms with Crippen LogP contribution >= 0.6 is 0 Å². The average Bonchev–Trinajstić information content (AvgIpc) is 3.11. The van der Waals surface area contributed by atoms with E-state index in [4.69, 9.17) is 15.0 Å². The van der Waals surface area contributed by atoms with Gasteiger partial charge in [0.05, 0.1) is 0 Å². The summed E-state index contributed by atoms with van der Waals surface area (Å²) in [6, 6.07) is 56.8. The van der Waals surface area contributed by atoms with Gasteiger partial charge in [-0.15, -0.1) is 0 Å². The summed E-state index contributed by atoms with van der Waals surface area (Å²) in [6.07, 6.45) is 0. The fourth-order valence-corrected chi connectivity index (χ4v) is 6.06. The molecule has 0 saturated carbocycles. The van der Waals surface area contributed by atoms with Crippen molar-refractivity contribution in [3.63, 3.8) is 0 Å². The monoisotopic (exact) mass is 561 g/mol. The van der Waals surface area contributed by atoms with Crippen LogP contribution in [0.15, 0.2) is 164 Å². The van der Waals surface area contributed by atoms with Crippen LogP contribution < -0.4 is 0 Å². The van der Waals surface area contributed by atoms with Gasteiger partial charge in [-0.05, 0) is 43.8 Å². The van der Waals surface area contributed by atoms with Crippen LogP contribution in [0.5, 0.6) is 0 Å². The van der Waals surface area contributed by atoms with E-state index in [1.807, 2.05) is 24.3 Å². The lowest BCUT2D eigenvalue weighted by atomic mass is 9.88. The summed E-state index contributed by atoms with van der Waals surface area (Å²) < 4.78 is 0. The lowest BCUT2D eigenvalue weighted by Crippen LogP contribution is -2.01. The quantitative estimate of drug-likeness (QED) is 0.196. The fourth-order valence-electron chi connectivity index (χ4n) is 6.06. The molecule has 3 heteroatoms. The van der Waals surface area contributed by atoms with E-state index in [0.717, 1.165) is 33.0 Å². The zero-order valence-electron chi connectivity index (χ0n) is 23.9. The molecule has 8 rings (SSSR count). The van der Waals surface area contributed by atoms with Crippen LogP contribution in [0.1, 0.15) is 0 Å². The summed E-state index contributed by atoms with van der Waals surface area (Å²) >= 11 is 0. The molecule has 206 valence electrons. The Kier molecular flexibility index (Phi) is 6.47. The molecule has 0 saturated heterocycles. The third-order valence-electron chi connectivity index (χ3n) is 8.14. The Morgan fingerprint density at radius 1 is 0.227 bits per heavy atom.